The van der Waals surface area contributed by atoms with Gasteiger partial charge in [0.15, 0.2) is 0 Å². The third-order valence-electron chi connectivity index (χ3n) is 3.83. The van der Waals surface area contributed by atoms with Crippen molar-refractivity contribution < 1.29 is 4.74 Å². The van der Waals surface area contributed by atoms with E-state index in [0.29, 0.717) is 18.2 Å². The van der Waals surface area contributed by atoms with Crippen molar-refractivity contribution in [1.82, 2.24) is 10.2 Å². The molecular formula is C14H30N2O. The van der Waals surface area contributed by atoms with Crippen molar-refractivity contribution in [2.24, 2.45) is 0 Å². The first-order valence-electron chi connectivity index (χ1n) is 6.98. The lowest BCUT2D eigenvalue weighted by Crippen LogP contribution is -2.53. The third-order valence-corrected chi connectivity index (χ3v) is 3.83. The van der Waals surface area contributed by atoms with Crippen molar-refractivity contribution in [3.05, 3.63) is 0 Å². The van der Waals surface area contributed by atoms with Crippen LogP contribution in [0, 0.1) is 0 Å². The summed E-state index contributed by atoms with van der Waals surface area (Å²) in [7, 11) is 0. The summed E-state index contributed by atoms with van der Waals surface area (Å²) in [6.07, 6.45) is 1.89. The van der Waals surface area contributed by atoms with Gasteiger partial charge in [-0.25, -0.2) is 0 Å². The maximum atomic E-state index is 5.77. The first kappa shape index (κ1) is 14.9. The van der Waals surface area contributed by atoms with Gasteiger partial charge in [0.25, 0.3) is 0 Å². The number of nitrogens with one attached hydrogen (secondary N) is 1. The second kappa shape index (κ2) is 6.17. The van der Waals surface area contributed by atoms with Gasteiger partial charge >= 0.3 is 0 Å². The smallest absolute Gasteiger partial charge is 0.0678 e. The number of ether oxygens (including phenoxy) is 1. The molecule has 0 radical (unpaired) electrons. The van der Waals surface area contributed by atoms with Crippen molar-refractivity contribution in [3.8, 4) is 0 Å². The van der Waals surface area contributed by atoms with Gasteiger partial charge in [-0.3, -0.25) is 4.90 Å². The normalized spacial score (nSPS) is 29.3. The fraction of sp³-hybridized carbons (Fsp3) is 1.00. The topological polar surface area (TPSA) is 24.5 Å². The fourth-order valence-corrected chi connectivity index (χ4v) is 2.26. The Morgan fingerprint density at radius 1 is 1.29 bits per heavy atom. The van der Waals surface area contributed by atoms with E-state index >= 15 is 0 Å². The molecule has 3 nitrogen and oxygen atoms in total. The van der Waals surface area contributed by atoms with Crippen molar-refractivity contribution in [1.29, 1.82) is 0 Å². The predicted molar refractivity (Wildman–Crippen MR) is 73.4 cm³/mol. The zero-order valence-corrected chi connectivity index (χ0v) is 12.4. The molecule has 0 aromatic carbocycles. The minimum absolute atomic E-state index is 0.248. The average molecular weight is 242 g/mol. The highest BCUT2D eigenvalue weighted by Crippen LogP contribution is 2.14. The molecule has 1 aliphatic heterocycles. The second-order valence-corrected chi connectivity index (χ2v) is 6.18. The fourth-order valence-electron chi connectivity index (χ4n) is 2.26. The molecule has 1 heterocycles. The summed E-state index contributed by atoms with van der Waals surface area (Å²) in [5, 5.41) is 3.65. The van der Waals surface area contributed by atoms with Gasteiger partial charge in [0.05, 0.1) is 12.2 Å². The van der Waals surface area contributed by atoms with Gasteiger partial charge in [0.2, 0.25) is 0 Å². The Bertz CT molecular complexity index is 220. The molecule has 0 aliphatic carbocycles. The Morgan fingerprint density at radius 2 is 1.82 bits per heavy atom. The van der Waals surface area contributed by atoms with E-state index in [9.17, 15) is 0 Å². The third kappa shape index (κ3) is 4.94. The van der Waals surface area contributed by atoms with Gasteiger partial charge in [-0.15, -0.1) is 0 Å². The van der Waals surface area contributed by atoms with E-state index in [0.717, 1.165) is 26.1 Å². The first-order valence-corrected chi connectivity index (χ1v) is 6.98. The molecular weight excluding hydrogens is 212 g/mol. The Morgan fingerprint density at radius 3 is 2.29 bits per heavy atom. The van der Waals surface area contributed by atoms with E-state index in [2.05, 4.69) is 51.8 Å². The largest absolute Gasteiger partial charge is 0.373 e. The molecule has 0 aromatic heterocycles. The number of rotatable bonds is 5. The Labute approximate surface area is 107 Å². The summed E-state index contributed by atoms with van der Waals surface area (Å²) in [5.41, 5.74) is 0.248. The highest BCUT2D eigenvalue weighted by atomic mass is 16.5. The second-order valence-electron chi connectivity index (χ2n) is 6.18. The Kier molecular flexibility index (Phi) is 5.42. The van der Waals surface area contributed by atoms with Gasteiger partial charge in [0.1, 0.15) is 0 Å². The molecule has 1 saturated heterocycles. The predicted octanol–water partition coefficient (Wildman–Crippen LogP) is 2.26. The molecule has 0 bridgehead atoms. The lowest BCUT2D eigenvalue weighted by Gasteiger charge is -2.40. The van der Waals surface area contributed by atoms with Crippen LogP contribution in [-0.4, -0.2) is 48.3 Å². The minimum Gasteiger partial charge on any atom is -0.373 e. The van der Waals surface area contributed by atoms with Crippen LogP contribution in [0.4, 0.5) is 0 Å². The highest BCUT2D eigenvalue weighted by Gasteiger charge is 2.26. The molecule has 3 heteroatoms. The van der Waals surface area contributed by atoms with Gasteiger partial charge in [-0.1, -0.05) is 6.92 Å². The quantitative estimate of drug-likeness (QED) is 0.800. The van der Waals surface area contributed by atoms with E-state index in [1.165, 1.54) is 0 Å². The molecule has 1 fully saturated rings. The van der Waals surface area contributed by atoms with Crippen LogP contribution in [0.15, 0.2) is 0 Å². The van der Waals surface area contributed by atoms with Gasteiger partial charge in [0, 0.05) is 31.2 Å². The summed E-state index contributed by atoms with van der Waals surface area (Å²) in [6, 6.07) is 0.578. The average Bonchev–Trinajstić information content (AvgIpc) is 2.24. The van der Waals surface area contributed by atoms with Crippen molar-refractivity contribution in [2.45, 2.75) is 71.8 Å². The van der Waals surface area contributed by atoms with Gasteiger partial charge in [-0.2, -0.15) is 0 Å². The van der Waals surface area contributed by atoms with Crippen molar-refractivity contribution in [3.63, 3.8) is 0 Å². The molecule has 1 N–H and O–H groups in total. The summed E-state index contributed by atoms with van der Waals surface area (Å²) in [5.74, 6) is 0. The number of hydrogen-bond acceptors (Lipinski definition) is 3. The monoisotopic (exact) mass is 242 g/mol. The first-order chi connectivity index (χ1) is 7.84. The SMILES string of the molecule is CCC(C)(C)NCC(C)N1CC(C)OC(C)C1. The molecule has 0 spiro atoms. The van der Waals surface area contributed by atoms with Crippen LogP contribution in [0.25, 0.3) is 0 Å². The number of nitrogens with zero attached hydrogens (tertiary/aromatic N) is 1. The summed E-state index contributed by atoms with van der Waals surface area (Å²) >= 11 is 0. The maximum absolute atomic E-state index is 5.77. The molecule has 3 atom stereocenters. The van der Waals surface area contributed by atoms with Gasteiger partial charge < -0.3 is 10.1 Å². The standard InChI is InChI=1S/C14H30N2O/c1-7-14(5,6)15-8-11(2)16-9-12(3)17-13(4)10-16/h11-13,15H,7-10H2,1-6H3. The van der Waals surface area contributed by atoms with Crippen LogP contribution in [0.2, 0.25) is 0 Å². The molecule has 0 saturated carbocycles. The summed E-state index contributed by atoms with van der Waals surface area (Å²) < 4.78 is 5.77. The molecule has 3 unspecified atom stereocenters. The Hall–Kier alpha value is -0.120. The molecule has 17 heavy (non-hydrogen) atoms. The maximum Gasteiger partial charge on any atom is 0.0678 e. The number of hydrogen-bond donors (Lipinski definition) is 1. The summed E-state index contributed by atoms with van der Waals surface area (Å²) in [6.45, 7) is 16.6. The lowest BCUT2D eigenvalue weighted by molar-refractivity contribution is -0.0785. The van der Waals surface area contributed by atoms with Gasteiger partial charge in [-0.05, 0) is 41.0 Å². The number of morpholine rings is 1. The van der Waals surface area contributed by atoms with Crippen molar-refractivity contribution in [2.75, 3.05) is 19.6 Å². The molecule has 0 amide bonds. The van der Waals surface area contributed by atoms with E-state index < -0.39 is 0 Å². The van der Waals surface area contributed by atoms with Crippen molar-refractivity contribution >= 4 is 0 Å². The molecule has 102 valence electrons. The van der Waals surface area contributed by atoms with E-state index in [4.69, 9.17) is 4.74 Å². The van der Waals surface area contributed by atoms with Crippen LogP contribution in [0.5, 0.6) is 0 Å². The minimum atomic E-state index is 0.248. The Balaban J connectivity index is 2.39. The highest BCUT2D eigenvalue weighted by molar-refractivity contribution is 4.82. The zero-order valence-electron chi connectivity index (χ0n) is 12.4. The zero-order chi connectivity index (χ0) is 13.1. The lowest BCUT2D eigenvalue weighted by atomic mass is 10.0. The van der Waals surface area contributed by atoms with Crippen LogP contribution in [0.1, 0.15) is 48.0 Å². The van der Waals surface area contributed by atoms with Crippen LogP contribution in [-0.2, 0) is 4.74 Å². The molecule has 1 aliphatic rings. The summed E-state index contributed by atoms with van der Waals surface area (Å²) in [4.78, 5) is 2.54. The van der Waals surface area contributed by atoms with Crippen LogP contribution in [0.3, 0.4) is 0 Å². The molecule has 1 rings (SSSR count). The van der Waals surface area contributed by atoms with Crippen LogP contribution < -0.4 is 5.32 Å². The van der Waals surface area contributed by atoms with Crippen LogP contribution >= 0.6 is 0 Å². The van der Waals surface area contributed by atoms with E-state index in [-0.39, 0.29) is 5.54 Å². The van der Waals surface area contributed by atoms with E-state index in [1.54, 1.807) is 0 Å². The van der Waals surface area contributed by atoms with E-state index in [1.807, 2.05) is 0 Å². The molecule has 0 aromatic rings.